The lowest BCUT2D eigenvalue weighted by Crippen LogP contribution is -2.47. The van der Waals surface area contributed by atoms with Crippen molar-refractivity contribution in [3.63, 3.8) is 0 Å². The molecule has 6 nitrogen and oxygen atoms in total. The molecule has 0 fully saturated rings. The van der Waals surface area contributed by atoms with E-state index < -0.39 is 6.04 Å². The van der Waals surface area contributed by atoms with Gasteiger partial charge in [-0.1, -0.05) is 29.8 Å². The van der Waals surface area contributed by atoms with Gasteiger partial charge in [0.1, 0.15) is 6.04 Å². The number of carbonyl (C=O) groups is 2. The van der Waals surface area contributed by atoms with Gasteiger partial charge in [0.2, 0.25) is 11.8 Å². The van der Waals surface area contributed by atoms with Gasteiger partial charge in [-0.25, -0.2) is 0 Å². The maximum atomic E-state index is 13.2. The van der Waals surface area contributed by atoms with E-state index in [1.165, 1.54) is 0 Å². The average molecular weight is 461 g/mol. The van der Waals surface area contributed by atoms with Crippen LogP contribution in [-0.4, -0.2) is 42.5 Å². The Hall–Kier alpha value is -2.73. The highest BCUT2D eigenvalue weighted by Gasteiger charge is 2.25. The Labute approximate surface area is 195 Å². The van der Waals surface area contributed by atoms with Crippen molar-refractivity contribution >= 4 is 23.4 Å². The van der Waals surface area contributed by atoms with E-state index in [-0.39, 0.29) is 18.2 Å². The molecule has 32 heavy (non-hydrogen) atoms. The Bertz CT molecular complexity index is 886. The monoisotopic (exact) mass is 460 g/mol. The zero-order valence-electron chi connectivity index (χ0n) is 19.3. The van der Waals surface area contributed by atoms with Crippen LogP contribution >= 0.6 is 11.6 Å². The third-order valence-electron chi connectivity index (χ3n) is 5.02. The molecule has 2 rings (SSSR count). The van der Waals surface area contributed by atoms with Crippen LogP contribution in [0.25, 0.3) is 0 Å². The van der Waals surface area contributed by atoms with Gasteiger partial charge in [-0.15, -0.1) is 0 Å². The molecule has 0 saturated carbocycles. The first-order chi connectivity index (χ1) is 15.4. The summed E-state index contributed by atoms with van der Waals surface area (Å²) in [5, 5.41) is 3.43. The maximum Gasteiger partial charge on any atom is 0.242 e. The van der Waals surface area contributed by atoms with E-state index in [4.69, 9.17) is 21.1 Å². The number of carbonyl (C=O) groups excluding carboxylic acids is 2. The van der Waals surface area contributed by atoms with Gasteiger partial charge in [-0.3, -0.25) is 9.59 Å². The molecule has 0 aliphatic rings. The fourth-order valence-electron chi connectivity index (χ4n) is 3.34. The lowest BCUT2D eigenvalue weighted by atomic mass is 10.1. The normalized spacial score (nSPS) is 11.5. The summed E-state index contributed by atoms with van der Waals surface area (Å²) >= 11 is 5.98. The Morgan fingerprint density at radius 2 is 1.59 bits per heavy atom. The first kappa shape index (κ1) is 25.5. The van der Waals surface area contributed by atoms with Crippen molar-refractivity contribution in [1.82, 2.24) is 10.2 Å². The molecular weight excluding hydrogens is 428 g/mol. The molecule has 0 aliphatic heterocycles. The number of hydrogen-bond acceptors (Lipinski definition) is 4. The summed E-state index contributed by atoms with van der Waals surface area (Å²) in [4.78, 5) is 27.3. The van der Waals surface area contributed by atoms with Crippen molar-refractivity contribution in [1.29, 1.82) is 0 Å². The van der Waals surface area contributed by atoms with Crippen LogP contribution in [0.15, 0.2) is 42.5 Å². The quantitative estimate of drug-likeness (QED) is 0.501. The maximum absolute atomic E-state index is 13.2. The van der Waals surface area contributed by atoms with Gasteiger partial charge >= 0.3 is 0 Å². The van der Waals surface area contributed by atoms with Crippen LogP contribution in [0.1, 0.15) is 45.2 Å². The molecule has 0 spiro atoms. The van der Waals surface area contributed by atoms with Crippen LogP contribution in [0.3, 0.4) is 0 Å². The fraction of sp³-hybridized carbons (Fsp3) is 0.440. The Kier molecular flexibility index (Phi) is 10.3. The zero-order valence-corrected chi connectivity index (χ0v) is 20.1. The van der Waals surface area contributed by atoms with Crippen LogP contribution in [0.2, 0.25) is 5.02 Å². The third kappa shape index (κ3) is 7.45. The molecule has 0 saturated heterocycles. The molecule has 0 bridgehead atoms. The van der Waals surface area contributed by atoms with Crippen molar-refractivity contribution in [2.45, 2.75) is 53.1 Å². The lowest BCUT2D eigenvalue weighted by Gasteiger charge is -2.29. The Morgan fingerprint density at radius 1 is 0.969 bits per heavy atom. The molecular formula is C25H33ClN2O4. The summed E-state index contributed by atoms with van der Waals surface area (Å²) in [7, 11) is 0. The molecule has 2 aromatic rings. The van der Waals surface area contributed by atoms with Crippen LogP contribution in [-0.2, 0) is 22.6 Å². The van der Waals surface area contributed by atoms with Gasteiger partial charge in [0.15, 0.2) is 11.5 Å². The molecule has 1 unspecified atom stereocenters. The highest BCUT2D eigenvalue weighted by molar-refractivity contribution is 6.30. The predicted octanol–water partition coefficient (Wildman–Crippen LogP) is 4.62. The van der Waals surface area contributed by atoms with E-state index in [9.17, 15) is 9.59 Å². The SMILES string of the molecule is CCNC(=O)C(C)N(Cc1ccc(Cl)cc1)C(=O)CCc1ccc(OCC)c(OCC)c1. The highest BCUT2D eigenvalue weighted by Crippen LogP contribution is 2.29. The molecule has 0 heterocycles. The smallest absolute Gasteiger partial charge is 0.242 e. The van der Waals surface area contributed by atoms with Gasteiger partial charge in [0, 0.05) is 24.5 Å². The number of benzene rings is 2. The number of hydrogen-bond donors (Lipinski definition) is 1. The summed E-state index contributed by atoms with van der Waals surface area (Å²) in [5.74, 6) is 1.10. The van der Waals surface area contributed by atoms with Gasteiger partial charge in [-0.05, 0) is 69.5 Å². The number of aryl methyl sites for hydroxylation is 1. The second-order valence-corrected chi connectivity index (χ2v) is 7.80. The summed E-state index contributed by atoms with van der Waals surface area (Å²) in [6, 6.07) is 12.4. The minimum Gasteiger partial charge on any atom is -0.490 e. The molecule has 2 amide bonds. The van der Waals surface area contributed by atoms with Gasteiger partial charge in [0.25, 0.3) is 0 Å². The van der Waals surface area contributed by atoms with Crippen molar-refractivity contribution < 1.29 is 19.1 Å². The van der Waals surface area contributed by atoms with Gasteiger partial charge in [-0.2, -0.15) is 0 Å². The minimum absolute atomic E-state index is 0.0921. The first-order valence-electron chi connectivity index (χ1n) is 11.1. The molecule has 7 heteroatoms. The molecule has 174 valence electrons. The zero-order chi connectivity index (χ0) is 23.5. The van der Waals surface area contributed by atoms with Crippen molar-refractivity contribution in [2.75, 3.05) is 19.8 Å². The van der Waals surface area contributed by atoms with Gasteiger partial charge < -0.3 is 19.7 Å². The number of ether oxygens (including phenoxy) is 2. The third-order valence-corrected chi connectivity index (χ3v) is 5.27. The summed E-state index contributed by atoms with van der Waals surface area (Å²) in [6.07, 6.45) is 0.807. The van der Waals surface area contributed by atoms with E-state index >= 15 is 0 Å². The minimum atomic E-state index is -0.586. The second-order valence-electron chi connectivity index (χ2n) is 7.37. The molecule has 1 N–H and O–H groups in total. The highest BCUT2D eigenvalue weighted by atomic mass is 35.5. The average Bonchev–Trinajstić information content (AvgIpc) is 2.78. The number of rotatable bonds is 12. The standard InChI is InChI=1S/C25H33ClN2O4/c1-5-27-25(30)18(4)28(17-20-8-12-21(26)13-9-20)24(29)15-11-19-10-14-22(31-6-2)23(16-19)32-7-3/h8-10,12-14,16,18H,5-7,11,15,17H2,1-4H3,(H,27,30). The summed E-state index contributed by atoms with van der Waals surface area (Å²) in [6.45, 7) is 9.38. The van der Waals surface area contributed by atoms with Gasteiger partial charge in [0.05, 0.1) is 13.2 Å². The van der Waals surface area contributed by atoms with E-state index in [2.05, 4.69) is 5.32 Å². The number of halogens is 1. The molecule has 0 radical (unpaired) electrons. The number of nitrogens with zero attached hydrogens (tertiary/aromatic N) is 1. The van der Waals surface area contributed by atoms with Crippen LogP contribution in [0.5, 0.6) is 11.5 Å². The van der Waals surface area contributed by atoms with Crippen molar-refractivity contribution in [3.05, 3.63) is 58.6 Å². The van der Waals surface area contributed by atoms with E-state index in [0.29, 0.717) is 49.2 Å². The fourth-order valence-corrected chi connectivity index (χ4v) is 3.46. The van der Waals surface area contributed by atoms with E-state index in [1.807, 2.05) is 51.1 Å². The van der Waals surface area contributed by atoms with Crippen LogP contribution in [0.4, 0.5) is 0 Å². The van der Waals surface area contributed by atoms with Crippen LogP contribution in [0, 0.1) is 0 Å². The topological polar surface area (TPSA) is 67.9 Å². The largest absolute Gasteiger partial charge is 0.490 e. The van der Waals surface area contributed by atoms with Crippen molar-refractivity contribution in [3.8, 4) is 11.5 Å². The predicted molar refractivity (Wildman–Crippen MR) is 127 cm³/mol. The molecule has 1 atom stereocenters. The number of amides is 2. The second kappa shape index (κ2) is 13.0. The number of likely N-dealkylation sites (N-methyl/N-ethyl adjacent to an activating group) is 1. The summed E-state index contributed by atoms with van der Waals surface area (Å²) < 4.78 is 11.3. The summed E-state index contributed by atoms with van der Waals surface area (Å²) in [5.41, 5.74) is 1.89. The molecule has 0 aliphatic carbocycles. The molecule has 0 aromatic heterocycles. The number of nitrogens with one attached hydrogen (secondary N) is 1. The van der Waals surface area contributed by atoms with Crippen LogP contribution < -0.4 is 14.8 Å². The molecule has 2 aromatic carbocycles. The lowest BCUT2D eigenvalue weighted by molar-refractivity contribution is -0.140. The van der Waals surface area contributed by atoms with E-state index in [1.54, 1.807) is 24.0 Å². The van der Waals surface area contributed by atoms with E-state index in [0.717, 1.165) is 11.1 Å². The Balaban J connectivity index is 2.15. The van der Waals surface area contributed by atoms with Crippen molar-refractivity contribution in [2.24, 2.45) is 0 Å². The first-order valence-corrected chi connectivity index (χ1v) is 11.5. The Morgan fingerprint density at radius 3 is 2.22 bits per heavy atom.